The minimum Gasteiger partial charge on any atom is -0.368 e. The molecule has 1 atom stereocenters. The van der Waals surface area contributed by atoms with Gasteiger partial charge in [0.2, 0.25) is 5.91 Å². The van der Waals surface area contributed by atoms with Crippen LogP contribution in [0.25, 0.3) is 11.0 Å². The van der Waals surface area contributed by atoms with E-state index >= 15 is 0 Å². The zero-order chi connectivity index (χ0) is 15.0. The third-order valence-electron chi connectivity index (χ3n) is 3.13. The van der Waals surface area contributed by atoms with E-state index in [1.807, 2.05) is 13.8 Å². The summed E-state index contributed by atoms with van der Waals surface area (Å²) in [4.78, 5) is 16.2. The lowest BCUT2D eigenvalue weighted by molar-refractivity contribution is -0.122. The molecule has 0 aliphatic rings. The maximum atomic E-state index is 11.8. The fraction of sp³-hybridized carbons (Fsp3) is 0.385. The van der Waals surface area contributed by atoms with E-state index < -0.39 is 11.9 Å². The number of halogens is 3. The average Bonchev–Trinajstić information content (AvgIpc) is 2.67. The van der Waals surface area contributed by atoms with Crippen LogP contribution in [0.5, 0.6) is 0 Å². The topological polar surface area (TPSA) is 60.9 Å². The van der Waals surface area contributed by atoms with E-state index in [4.69, 9.17) is 40.5 Å². The second-order valence-electron chi connectivity index (χ2n) is 4.88. The first kappa shape index (κ1) is 15.4. The van der Waals surface area contributed by atoms with Crippen molar-refractivity contribution < 1.29 is 4.79 Å². The highest BCUT2D eigenvalue weighted by Crippen LogP contribution is 2.32. The first-order chi connectivity index (χ1) is 9.36. The van der Waals surface area contributed by atoms with Crippen LogP contribution >= 0.6 is 34.8 Å². The minimum absolute atomic E-state index is 0.00122. The number of hydrogen-bond donors (Lipinski definition) is 1. The smallest absolute Gasteiger partial charge is 0.240 e. The molecule has 0 radical (unpaired) electrons. The van der Waals surface area contributed by atoms with E-state index in [0.29, 0.717) is 26.9 Å². The van der Waals surface area contributed by atoms with Crippen molar-refractivity contribution in [2.45, 2.75) is 25.8 Å². The number of amides is 1. The molecule has 108 valence electrons. The van der Waals surface area contributed by atoms with E-state index in [9.17, 15) is 4.79 Å². The number of primary amides is 1. The van der Waals surface area contributed by atoms with Gasteiger partial charge >= 0.3 is 0 Å². The number of alkyl halides is 1. The number of carbonyl (C=O) groups excluding carboxylic acids is 1. The largest absolute Gasteiger partial charge is 0.368 e. The quantitative estimate of drug-likeness (QED) is 0.865. The van der Waals surface area contributed by atoms with Crippen molar-refractivity contribution in [3.63, 3.8) is 0 Å². The Bertz CT molecular complexity index is 666. The van der Waals surface area contributed by atoms with Crippen molar-refractivity contribution in [2.24, 2.45) is 11.7 Å². The van der Waals surface area contributed by atoms with Crippen molar-refractivity contribution in [2.75, 3.05) is 0 Å². The van der Waals surface area contributed by atoms with Crippen molar-refractivity contribution in [1.82, 2.24) is 9.55 Å². The van der Waals surface area contributed by atoms with Gasteiger partial charge in [0.1, 0.15) is 11.9 Å². The third-order valence-corrected chi connectivity index (χ3v) is 4.09. The van der Waals surface area contributed by atoms with Crippen molar-refractivity contribution in [1.29, 1.82) is 0 Å². The molecule has 4 nitrogen and oxygen atoms in total. The lowest BCUT2D eigenvalue weighted by Crippen LogP contribution is -2.31. The monoisotopic (exact) mass is 333 g/mol. The summed E-state index contributed by atoms with van der Waals surface area (Å²) in [5.41, 5.74) is 6.86. The maximum absolute atomic E-state index is 11.8. The number of carbonyl (C=O) groups is 1. The Morgan fingerprint density at radius 1 is 1.35 bits per heavy atom. The summed E-state index contributed by atoms with van der Waals surface area (Å²) < 4.78 is 1.75. The molecule has 0 fully saturated rings. The molecule has 7 heteroatoms. The number of hydrogen-bond acceptors (Lipinski definition) is 2. The molecule has 0 aliphatic heterocycles. The van der Waals surface area contributed by atoms with Crippen molar-refractivity contribution in [3.8, 4) is 0 Å². The number of fused-ring (bicyclic) bond motifs is 1. The third kappa shape index (κ3) is 2.60. The fourth-order valence-electron chi connectivity index (χ4n) is 2.30. The Morgan fingerprint density at radius 2 is 1.95 bits per heavy atom. The lowest BCUT2D eigenvalue weighted by Gasteiger charge is -2.21. The number of aromatic nitrogens is 2. The van der Waals surface area contributed by atoms with Crippen LogP contribution in [0.1, 0.15) is 25.7 Å². The highest BCUT2D eigenvalue weighted by molar-refractivity contribution is 6.42. The highest BCUT2D eigenvalue weighted by atomic mass is 35.5. The Labute approximate surface area is 131 Å². The van der Waals surface area contributed by atoms with Gasteiger partial charge in [-0.25, -0.2) is 4.98 Å². The molecule has 2 rings (SSSR count). The minimum atomic E-state index is -0.536. The summed E-state index contributed by atoms with van der Waals surface area (Å²) in [5.74, 6) is 0.302. The van der Waals surface area contributed by atoms with Gasteiger partial charge in [0.15, 0.2) is 0 Å². The lowest BCUT2D eigenvalue weighted by atomic mass is 10.0. The summed E-state index contributed by atoms with van der Waals surface area (Å²) in [6.07, 6.45) is 0. The van der Waals surface area contributed by atoms with Gasteiger partial charge in [-0.2, -0.15) is 0 Å². The molecular formula is C13H14Cl3N3O. The molecule has 1 aromatic heterocycles. The van der Waals surface area contributed by atoms with Crippen LogP contribution in [0.4, 0.5) is 0 Å². The number of nitrogens with two attached hydrogens (primary N) is 1. The maximum Gasteiger partial charge on any atom is 0.240 e. The van der Waals surface area contributed by atoms with Crippen LogP contribution in [0.2, 0.25) is 10.0 Å². The van der Waals surface area contributed by atoms with Crippen molar-refractivity contribution in [3.05, 3.63) is 28.0 Å². The molecule has 2 aromatic rings. The Balaban J connectivity index is 2.78. The van der Waals surface area contributed by atoms with Gasteiger partial charge in [0, 0.05) is 0 Å². The zero-order valence-electron chi connectivity index (χ0n) is 11.0. The molecule has 1 amide bonds. The molecule has 0 aliphatic carbocycles. The van der Waals surface area contributed by atoms with Gasteiger partial charge in [-0.3, -0.25) is 4.79 Å². The second kappa shape index (κ2) is 5.80. The van der Waals surface area contributed by atoms with E-state index in [1.165, 1.54) is 0 Å². The van der Waals surface area contributed by atoms with Gasteiger partial charge in [0.25, 0.3) is 0 Å². The van der Waals surface area contributed by atoms with Gasteiger partial charge < -0.3 is 10.3 Å². The number of nitrogens with zero attached hydrogens (tertiary/aromatic N) is 2. The summed E-state index contributed by atoms with van der Waals surface area (Å²) in [7, 11) is 0. The van der Waals surface area contributed by atoms with Gasteiger partial charge in [0.05, 0.1) is 27.0 Å². The van der Waals surface area contributed by atoms with E-state index in [-0.39, 0.29) is 11.8 Å². The predicted octanol–water partition coefficient (Wildman–Crippen LogP) is 3.76. The summed E-state index contributed by atoms with van der Waals surface area (Å²) >= 11 is 18.0. The SMILES string of the molecule is CC(C)C(C(N)=O)n1c(CCl)nc2cc(Cl)c(Cl)cc21. The summed E-state index contributed by atoms with van der Waals surface area (Å²) in [6.45, 7) is 3.83. The van der Waals surface area contributed by atoms with E-state index in [2.05, 4.69) is 4.98 Å². The van der Waals surface area contributed by atoms with Crippen molar-refractivity contribution >= 4 is 51.7 Å². The first-order valence-electron chi connectivity index (χ1n) is 6.08. The Kier molecular flexibility index (Phi) is 4.47. The number of imidazole rings is 1. The van der Waals surface area contributed by atoms with E-state index in [1.54, 1.807) is 16.7 Å². The Morgan fingerprint density at radius 3 is 2.45 bits per heavy atom. The van der Waals surface area contributed by atoms with Crippen LogP contribution in [-0.2, 0) is 10.7 Å². The molecule has 0 saturated carbocycles. The number of benzene rings is 1. The summed E-state index contributed by atoms with van der Waals surface area (Å²) in [5, 5.41) is 0.804. The molecule has 0 spiro atoms. The zero-order valence-corrected chi connectivity index (χ0v) is 13.3. The second-order valence-corrected chi connectivity index (χ2v) is 5.96. The normalized spacial score (nSPS) is 13.1. The van der Waals surface area contributed by atoms with Gasteiger partial charge in [-0.15, -0.1) is 11.6 Å². The van der Waals surface area contributed by atoms with Gasteiger partial charge in [-0.05, 0) is 18.1 Å². The highest BCUT2D eigenvalue weighted by Gasteiger charge is 2.26. The standard InChI is InChI=1S/C13H14Cl3N3O/c1-6(2)12(13(17)20)19-10-4-8(16)7(15)3-9(10)18-11(19)5-14/h3-4,6,12H,5H2,1-2H3,(H2,17,20). The molecule has 1 unspecified atom stereocenters. The first-order valence-corrected chi connectivity index (χ1v) is 7.37. The van der Waals surface area contributed by atoms with Crippen LogP contribution in [0.15, 0.2) is 12.1 Å². The molecule has 20 heavy (non-hydrogen) atoms. The predicted molar refractivity (Wildman–Crippen MR) is 82.4 cm³/mol. The summed E-state index contributed by atoms with van der Waals surface area (Å²) in [6, 6.07) is 2.80. The molecule has 0 bridgehead atoms. The molecule has 0 saturated heterocycles. The van der Waals surface area contributed by atoms with Gasteiger partial charge in [-0.1, -0.05) is 37.0 Å². The van der Waals surface area contributed by atoms with Crippen LogP contribution in [0.3, 0.4) is 0 Å². The average molecular weight is 335 g/mol. The molecule has 2 N–H and O–H groups in total. The molecule has 1 heterocycles. The van der Waals surface area contributed by atoms with Crippen LogP contribution in [-0.4, -0.2) is 15.5 Å². The fourth-order valence-corrected chi connectivity index (χ4v) is 2.80. The molecule has 1 aromatic carbocycles. The molecular weight excluding hydrogens is 321 g/mol. The number of rotatable bonds is 4. The van der Waals surface area contributed by atoms with Crippen LogP contribution in [0, 0.1) is 5.92 Å². The Hall–Kier alpha value is -0.970. The van der Waals surface area contributed by atoms with E-state index in [0.717, 1.165) is 0 Å². The van der Waals surface area contributed by atoms with Crippen LogP contribution < -0.4 is 5.73 Å².